The zero-order valence-electron chi connectivity index (χ0n) is 15.0. The van der Waals surface area contributed by atoms with Crippen LogP contribution >= 0.6 is 34.8 Å². The predicted octanol–water partition coefficient (Wildman–Crippen LogP) is 6.98. The Hall–Kier alpha value is -2.25. The van der Waals surface area contributed by atoms with E-state index in [2.05, 4.69) is 4.74 Å². The van der Waals surface area contributed by atoms with Crippen LogP contribution in [0.15, 0.2) is 53.6 Å². The van der Waals surface area contributed by atoms with Gasteiger partial charge in [-0.25, -0.2) is 4.39 Å². The lowest BCUT2D eigenvalue weighted by Crippen LogP contribution is -2.17. The molecule has 0 amide bonds. The summed E-state index contributed by atoms with van der Waals surface area (Å²) in [6.07, 6.45) is -3.87. The first-order valence-electron chi connectivity index (χ1n) is 8.19. The lowest BCUT2D eigenvalue weighted by atomic mass is 10.2. The van der Waals surface area contributed by atoms with Crippen LogP contribution in [-0.2, 0) is 10.8 Å². The van der Waals surface area contributed by atoms with Crippen molar-refractivity contribution >= 4 is 45.6 Å². The monoisotopic (exact) mass is 510 g/mol. The fourth-order valence-electron chi connectivity index (χ4n) is 2.68. The van der Waals surface area contributed by atoms with E-state index < -0.39 is 28.4 Å². The molecule has 31 heavy (non-hydrogen) atoms. The predicted molar refractivity (Wildman–Crippen MR) is 109 cm³/mol. The number of halogens is 7. The van der Waals surface area contributed by atoms with Crippen LogP contribution in [-0.4, -0.2) is 15.1 Å². The lowest BCUT2D eigenvalue weighted by Gasteiger charge is -2.14. The third-order valence-electron chi connectivity index (χ3n) is 3.95. The smallest absolute Gasteiger partial charge is 0.406 e. The van der Waals surface area contributed by atoms with E-state index in [9.17, 15) is 27.0 Å². The van der Waals surface area contributed by atoms with Gasteiger partial charge in [0.2, 0.25) is 5.50 Å². The maximum Gasteiger partial charge on any atom is 0.573 e. The van der Waals surface area contributed by atoms with Crippen molar-refractivity contribution in [1.82, 2.24) is 4.57 Å². The van der Waals surface area contributed by atoms with E-state index in [1.807, 2.05) is 0 Å². The first-order chi connectivity index (χ1) is 14.5. The topological polar surface area (TPSA) is 55.0 Å². The molecule has 1 heterocycles. The molecule has 3 aromatic rings. The van der Waals surface area contributed by atoms with Crippen LogP contribution in [0.5, 0.6) is 5.75 Å². The lowest BCUT2D eigenvalue weighted by molar-refractivity contribution is -0.274. The molecular weight excluding hydrogens is 503 g/mol. The maximum atomic E-state index is 14.8. The molecule has 4 nitrogen and oxygen atoms in total. The van der Waals surface area contributed by atoms with E-state index in [1.54, 1.807) is 24.3 Å². The van der Waals surface area contributed by atoms with Crippen molar-refractivity contribution in [1.29, 1.82) is 5.26 Å². The molecule has 0 N–H and O–H groups in total. The average molecular weight is 512 g/mol. The van der Waals surface area contributed by atoms with Gasteiger partial charge in [-0.3, -0.25) is 4.21 Å². The van der Waals surface area contributed by atoms with Crippen molar-refractivity contribution in [2.45, 2.75) is 16.8 Å². The molecule has 0 saturated carbocycles. The molecule has 0 aliphatic rings. The number of nitriles is 1. The molecule has 2 atom stereocenters. The second kappa shape index (κ2) is 9.09. The minimum Gasteiger partial charge on any atom is -0.406 e. The first kappa shape index (κ1) is 23.4. The maximum absolute atomic E-state index is 14.8. The zero-order chi connectivity index (χ0) is 22.9. The minimum atomic E-state index is -4.97. The number of rotatable bonds is 5. The SMILES string of the molecule is N#Cc1c(S(=O)C(F)c2ccccc2)cn(-c2c(Cl)cc(OC(F)(F)F)cc2Cl)c1Cl. The molecule has 0 spiro atoms. The molecular formula is C19H9Cl3F4N2O2S. The molecule has 0 saturated heterocycles. The van der Waals surface area contributed by atoms with Crippen molar-refractivity contribution in [3.05, 3.63) is 75.0 Å². The van der Waals surface area contributed by atoms with Crippen molar-refractivity contribution in [3.8, 4) is 17.5 Å². The number of ether oxygens (including phenoxy) is 1. The fourth-order valence-corrected chi connectivity index (χ4v) is 4.84. The van der Waals surface area contributed by atoms with E-state index in [1.165, 1.54) is 12.1 Å². The number of hydrogen-bond donors (Lipinski definition) is 0. The van der Waals surface area contributed by atoms with Crippen LogP contribution in [0.25, 0.3) is 5.69 Å². The Morgan fingerprint density at radius 1 is 1.10 bits per heavy atom. The highest BCUT2D eigenvalue weighted by Crippen LogP contribution is 2.40. The van der Waals surface area contributed by atoms with Crippen molar-refractivity contribution in [2.75, 3.05) is 0 Å². The third-order valence-corrected chi connectivity index (χ3v) is 6.29. The average Bonchev–Trinajstić information content (AvgIpc) is 3.01. The molecule has 0 aliphatic heterocycles. The standard InChI is InChI=1S/C19H9Cl3F4N2O2S/c20-13-6-11(30-19(24,25)26)7-14(21)16(13)28-9-15(12(8-27)17(28)22)31(29)18(23)10-4-2-1-3-5-10/h1-7,9,18H. The Kier molecular flexibility index (Phi) is 6.86. The summed E-state index contributed by atoms with van der Waals surface area (Å²) in [5.41, 5.74) is -2.23. The Bertz CT molecular complexity index is 1170. The van der Waals surface area contributed by atoms with E-state index >= 15 is 0 Å². The van der Waals surface area contributed by atoms with E-state index in [-0.39, 0.29) is 36.9 Å². The van der Waals surface area contributed by atoms with Gasteiger partial charge in [0, 0.05) is 18.3 Å². The summed E-state index contributed by atoms with van der Waals surface area (Å²) in [5.74, 6) is -0.674. The van der Waals surface area contributed by atoms with Gasteiger partial charge < -0.3 is 9.30 Å². The van der Waals surface area contributed by atoms with Gasteiger partial charge in [0.05, 0.1) is 31.4 Å². The summed E-state index contributed by atoms with van der Waals surface area (Å²) < 4.78 is 69.8. The molecule has 0 bridgehead atoms. The normalized spacial score (nSPS) is 13.5. The van der Waals surface area contributed by atoms with Crippen LogP contribution in [0.1, 0.15) is 16.6 Å². The minimum absolute atomic E-state index is 0.0993. The fraction of sp³-hybridized carbons (Fsp3) is 0.105. The molecule has 0 radical (unpaired) electrons. The molecule has 12 heteroatoms. The van der Waals surface area contributed by atoms with Crippen LogP contribution in [0.3, 0.4) is 0 Å². The summed E-state index contributed by atoms with van der Waals surface area (Å²) in [7, 11) is -2.34. The molecule has 162 valence electrons. The number of aromatic nitrogens is 1. The van der Waals surface area contributed by atoms with Crippen LogP contribution in [0, 0.1) is 11.3 Å². The highest BCUT2D eigenvalue weighted by molar-refractivity contribution is 7.85. The Labute approximate surface area is 191 Å². The van der Waals surface area contributed by atoms with E-state index in [0.29, 0.717) is 0 Å². The second-order valence-electron chi connectivity index (χ2n) is 5.95. The zero-order valence-corrected chi connectivity index (χ0v) is 18.0. The van der Waals surface area contributed by atoms with Gasteiger partial charge in [-0.15, -0.1) is 13.2 Å². The Morgan fingerprint density at radius 2 is 1.68 bits per heavy atom. The van der Waals surface area contributed by atoms with Gasteiger partial charge in [0.25, 0.3) is 0 Å². The Morgan fingerprint density at radius 3 is 2.19 bits per heavy atom. The summed E-state index contributed by atoms with van der Waals surface area (Å²) >= 11 is 18.3. The van der Waals surface area contributed by atoms with E-state index in [4.69, 9.17) is 34.8 Å². The summed E-state index contributed by atoms with van der Waals surface area (Å²) in [6.45, 7) is 0. The number of hydrogen-bond acceptors (Lipinski definition) is 3. The summed E-state index contributed by atoms with van der Waals surface area (Å²) in [4.78, 5) is -0.230. The summed E-state index contributed by atoms with van der Waals surface area (Å²) in [6, 6.07) is 11.1. The van der Waals surface area contributed by atoms with E-state index in [0.717, 1.165) is 22.9 Å². The molecule has 2 aromatic carbocycles. The van der Waals surface area contributed by atoms with Gasteiger partial charge in [-0.1, -0.05) is 65.1 Å². The highest BCUT2D eigenvalue weighted by atomic mass is 35.5. The van der Waals surface area contributed by atoms with Gasteiger partial charge in [-0.05, 0) is 5.56 Å². The third kappa shape index (κ3) is 4.99. The largest absolute Gasteiger partial charge is 0.573 e. The van der Waals surface area contributed by atoms with Gasteiger partial charge in [-0.2, -0.15) is 5.26 Å². The molecule has 2 unspecified atom stereocenters. The van der Waals surface area contributed by atoms with Crippen LogP contribution in [0.2, 0.25) is 15.2 Å². The van der Waals surface area contributed by atoms with Gasteiger partial charge in [0.1, 0.15) is 22.5 Å². The van der Waals surface area contributed by atoms with Crippen molar-refractivity contribution in [2.24, 2.45) is 0 Å². The van der Waals surface area contributed by atoms with Crippen molar-refractivity contribution in [3.63, 3.8) is 0 Å². The van der Waals surface area contributed by atoms with Crippen LogP contribution in [0.4, 0.5) is 17.6 Å². The van der Waals surface area contributed by atoms with Crippen LogP contribution < -0.4 is 4.74 Å². The Balaban J connectivity index is 2.08. The quantitative estimate of drug-likeness (QED) is 0.347. The highest BCUT2D eigenvalue weighted by Gasteiger charge is 2.32. The molecule has 0 fully saturated rings. The first-order valence-corrected chi connectivity index (χ1v) is 10.5. The number of alkyl halides is 4. The molecule has 0 aliphatic carbocycles. The van der Waals surface area contributed by atoms with Gasteiger partial charge >= 0.3 is 6.36 Å². The molecule has 3 rings (SSSR count). The second-order valence-corrected chi connectivity index (χ2v) is 8.57. The summed E-state index contributed by atoms with van der Waals surface area (Å²) in [5, 5.41) is 8.56. The number of benzene rings is 2. The molecule has 1 aromatic heterocycles. The number of nitrogens with zero attached hydrogens (tertiary/aromatic N) is 2. The van der Waals surface area contributed by atoms with Crippen molar-refractivity contribution < 1.29 is 26.5 Å². The van der Waals surface area contributed by atoms with Gasteiger partial charge in [0.15, 0.2) is 0 Å².